The van der Waals surface area contributed by atoms with Crippen LogP contribution in [0.1, 0.15) is 136 Å². The maximum Gasteiger partial charge on any atom is 0.472 e. The lowest BCUT2D eigenvalue weighted by molar-refractivity contribution is -0.870. The fourth-order valence-corrected chi connectivity index (χ4v) is 5.24. The van der Waals surface area contributed by atoms with Gasteiger partial charge in [-0.2, -0.15) is 0 Å². The molecule has 0 bridgehead atoms. The molecule has 8 heteroatoms. The van der Waals surface area contributed by atoms with E-state index >= 15 is 0 Å². The number of quaternary nitrogens is 1. The van der Waals surface area contributed by atoms with E-state index in [-0.39, 0.29) is 31.7 Å². The maximum absolute atomic E-state index is 12.2. The van der Waals surface area contributed by atoms with Crippen LogP contribution >= 0.6 is 7.82 Å². The van der Waals surface area contributed by atoms with Gasteiger partial charge >= 0.3 is 13.8 Å². The first-order valence-electron chi connectivity index (χ1n) is 15.6. The largest absolute Gasteiger partial charge is 0.472 e. The molecule has 0 aliphatic heterocycles. The topological polar surface area (TPSA) is 82.1 Å². The van der Waals surface area contributed by atoms with Crippen LogP contribution < -0.4 is 0 Å². The van der Waals surface area contributed by atoms with Crippen LogP contribution in [0.15, 0.2) is 0 Å². The summed E-state index contributed by atoms with van der Waals surface area (Å²) in [6.07, 6.45) is 24.8. The van der Waals surface area contributed by atoms with E-state index in [4.69, 9.17) is 13.8 Å². The highest BCUT2D eigenvalue weighted by molar-refractivity contribution is 7.47. The average molecular weight is 565 g/mol. The molecule has 0 radical (unpaired) electrons. The Labute approximate surface area is 235 Å². The fourth-order valence-electron chi connectivity index (χ4n) is 4.45. The second-order valence-electron chi connectivity index (χ2n) is 12.1. The van der Waals surface area contributed by atoms with Crippen molar-refractivity contribution in [3.05, 3.63) is 0 Å². The van der Waals surface area contributed by atoms with Crippen LogP contribution in [0.2, 0.25) is 0 Å². The second-order valence-corrected chi connectivity index (χ2v) is 13.5. The molecule has 1 N–H and O–H groups in total. The van der Waals surface area contributed by atoms with Crippen molar-refractivity contribution < 1.29 is 32.5 Å². The van der Waals surface area contributed by atoms with Crippen molar-refractivity contribution in [3.8, 4) is 0 Å². The summed E-state index contributed by atoms with van der Waals surface area (Å²) in [6.45, 7) is 4.64. The number of phosphoric acid groups is 1. The standard InChI is InChI=1S/C30H62NO6P/c1-6-7-8-9-10-11-12-13-14-15-16-17-18-19-20-21-22-23-24-30(27-35-29(2)32)28-37-38(33,34)36-26-25-31(3,4)5/h30H,6-28H2,1-5H3/p+1. The Hall–Kier alpha value is -0.460. The van der Waals surface area contributed by atoms with E-state index in [0.29, 0.717) is 11.0 Å². The monoisotopic (exact) mass is 564 g/mol. The summed E-state index contributed by atoms with van der Waals surface area (Å²) in [5, 5.41) is 0. The molecule has 2 unspecified atom stereocenters. The number of rotatable bonds is 28. The number of esters is 1. The molecular weight excluding hydrogens is 501 g/mol. The van der Waals surface area contributed by atoms with Crippen molar-refractivity contribution in [3.63, 3.8) is 0 Å². The zero-order valence-electron chi connectivity index (χ0n) is 25.7. The zero-order chi connectivity index (χ0) is 28.5. The van der Waals surface area contributed by atoms with Gasteiger partial charge in [-0.25, -0.2) is 4.57 Å². The minimum absolute atomic E-state index is 0.0460. The maximum atomic E-state index is 12.2. The van der Waals surface area contributed by atoms with Crippen LogP contribution in [0.25, 0.3) is 0 Å². The van der Waals surface area contributed by atoms with Crippen molar-refractivity contribution in [2.24, 2.45) is 5.92 Å². The Kier molecular flexibility index (Phi) is 24.1. The molecule has 0 rings (SSSR count). The molecule has 38 heavy (non-hydrogen) atoms. The van der Waals surface area contributed by atoms with Crippen LogP contribution in [-0.2, 0) is 23.1 Å². The Bertz CT molecular complexity index is 596. The molecular formula is C30H63NO6P+. The van der Waals surface area contributed by atoms with E-state index in [1.165, 1.54) is 110 Å². The molecule has 0 aromatic rings. The Balaban J connectivity index is 3.79. The third-order valence-electron chi connectivity index (χ3n) is 6.98. The summed E-state index contributed by atoms with van der Waals surface area (Å²) < 4.78 is 28.3. The predicted molar refractivity (Wildman–Crippen MR) is 158 cm³/mol. The SMILES string of the molecule is CCCCCCCCCCCCCCCCCCCCC(COC(C)=O)COP(=O)(O)OCC[N+](C)(C)C. The Morgan fingerprint density at radius 1 is 0.711 bits per heavy atom. The van der Waals surface area contributed by atoms with Crippen molar-refractivity contribution >= 4 is 13.8 Å². The number of carbonyl (C=O) groups excluding carboxylic acids is 1. The van der Waals surface area contributed by atoms with E-state index in [1.807, 2.05) is 21.1 Å². The number of ether oxygens (including phenoxy) is 1. The van der Waals surface area contributed by atoms with E-state index in [2.05, 4.69) is 6.92 Å². The molecule has 0 fully saturated rings. The number of hydrogen-bond donors (Lipinski definition) is 1. The molecule has 2 atom stereocenters. The lowest BCUT2D eigenvalue weighted by atomic mass is 10.0. The number of unbranched alkanes of at least 4 members (excludes halogenated alkanes) is 17. The molecule has 0 aromatic carbocycles. The van der Waals surface area contributed by atoms with Crippen LogP contribution in [0, 0.1) is 5.92 Å². The van der Waals surface area contributed by atoms with Gasteiger partial charge in [-0.05, 0) is 6.42 Å². The number of likely N-dealkylation sites (N-methyl/N-ethyl adjacent to an activating group) is 1. The van der Waals surface area contributed by atoms with Gasteiger partial charge in [0.15, 0.2) is 0 Å². The number of hydrogen-bond acceptors (Lipinski definition) is 5. The van der Waals surface area contributed by atoms with Crippen molar-refractivity contribution in [1.29, 1.82) is 0 Å². The lowest BCUT2D eigenvalue weighted by Gasteiger charge is -2.24. The number of phosphoric ester groups is 1. The molecule has 0 saturated carbocycles. The molecule has 0 amide bonds. The van der Waals surface area contributed by atoms with Gasteiger partial charge in [0, 0.05) is 12.8 Å². The van der Waals surface area contributed by atoms with Gasteiger partial charge in [-0.15, -0.1) is 0 Å². The van der Waals surface area contributed by atoms with Gasteiger partial charge in [0.25, 0.3) is 0 Å². The van der Waals surface area contributed by atoms with Gasteiger partial charge in [-0.1, -0.05) is 122 Å². The van der Waals surface area contributed by atoms with Crippen LogP contribution in [0.4, 0.5) is 0 Å². The molecule has 228 valence electrons. The fraction of sp³-hybridized carbons (Fsp3) is 0.967. The Morgan fingerprint density at radius 2 is 1.13 bits per heavy atom. The molecule has 7 nitrogen and oxygen atoms in total. The van der Waals surface area contributed by atoms with Gasteiger partial charge in [-0.3, -0.25) is 13.8 Å². The van der Waals surface area contributed by atoms with E-state index in [0.717, 1.165) is 19.3 Å². The van der Waals surface area contributed by atoms with Crippen LogP contribution in [0.3, 0.4) is 0 Å². The molecule has 0 saturated heterocycles. The highest BCUT2D eigenvalue weighted by Gasteiger charge is 2.25. The predicted octanol–water partition coefficient (Wildman–Crippen LogP) is 8.44. The smallest absolute Gasteiger partial charge is 0.465 e. The summed E-state index contributed by atoms with van der Waals surface area (Å²) in [6, 6.07) is 0. The van der Waals surface area contributed by atoms with Gasteiger partial charge in [0.1, 0.15) is 13.2 Å². The average Bonchev–Trinajstić information content (AvgIpc) is 2.83. The highest BCUT2D eigenvalue weighted by atomic mass is 31.2. The quantitative estimate of drug-likeness (QED) is 0.0444. The van der Waals surface area contributed by atoms with Crippen molar-refractivity contribution in [2.45, 2.75) is 136 Å². The van der Waals surface area contributed by atoms with Crippen molar-refractivity contribution in [2.75, 3.05) is 47.5 Å². The molecule has 0 aliphatic carbocycles. The molecule has 0 spiro atoms. The summed E-state index contributed by atoms with van der Waals surface area (Å²) in [5.74, 6) is -0.457. The zero-order valence-corrected chi connectivity index (χ0v) is 26.6. The van der Waals surface area contributed by atoms with Gasteiger partial charge < -0.3 is 14.1 Å². The minimum atomic E-state index is -4.11. The first-order chi connectivity index (χ1) is 18.1. The first-order valence-corrected chi connectivity index (χ1v) is 17.1. The van der Waals surface area contributed by atoms with Gasteiger partial charge in [0.05, 0.1) is 34.4 Å². The summed E-state index contributed by atoms with van der Waals surface area (Å²) in [5.41, 5.74) is 0. The summed E-state index contributed by atoms with van der Waals surface area (Å²) in [7, 11) is 1.85. The summed E-state index contributed by atoms with van der Waals surface area (Å²) in [4.78, 5) is 21.2. The third-order valence-corrected chi connectivity index (χ3v) is 7.96. The number of carbonyl (C=O) groups is 1. The minimum Gasteiger partial charge on any atom is -0.465 e. The highest BCUT2D eigenvalue weighted by Crippen LogP contribution is 2.43. The lowest BCUT2D eigenvalue weighted by Crippen LogP contribution is -2.37. The van der Waals surface area contributed by atoms with Gasteiger partial charge in [0.2, 0.25) is 0 Å². The number of nitrogens with zero attached hydrogens (tertiary/aromatic N) is 1. The van der Waals surface area contributed by atoms with Crippen LogP contribution in [-0.4, -0.2) is 62.9 Å². The summed E-state index contributed by atoms with van der Waals surface area (Å²) >= 11 is 0. The van der Waals surface area contributed by atoms with Crippen LogP contribution in [0.5, 0.6) is 0 Å². The first kappa shape index (κ1) is 37.5. The molecule has 0 aliphatic rings. The molecule has 0 aromatic heterocycles. The molecule has 0 heterocycles. The second kappa shape index (κ2) is 24.3. The van der Waals surface area contributed by atoms with Crippen molar-refractivity contribution in [1.82, 2.24) is 0 Å². The normalized spacial score (nSPS) is 14.4. The van der Waals surface area contributed by atoms with E-state index < -0.39 is 7.82 Å². The van der Waals surface area contributed by atoms with E-state index in [1.54, 1.807) is 0 Å². The Morgan fingerprint density at radius 3 is 1.53 bits per heavy atom. The van der Waals surface area contributed by atoms with E-state index in [9.17, 15) is 14.3 Å². The third kappa shape index (κ3) is 28.5.